The van der Waals surface area contributed by atoms with Crippen molar-refractivity contribution in [3.63, 3.8) is 0 Å². The quantitative estimate of drug-likeness (QED) is 0.755. The van der Waals surface area contributed by atoms with Crippen LogP contribution >= 0.6 is 0 Å². The summed E-state index contributed by atoms with van der Waals surface area (Å²) in [5.41, 5.74) is 2.00. The van der Waals surface area contributed by atoms with Gasteiger partial charge in [0.25, 0.3) is 0 Å². The van der Waals surface area contributed by atoms with E-state index in [4.69, 9.17) is 9.84 Å². The van der Waals surface area contributed by atoms with Gasteiger partial charge in [0, 0.05) is 6.54 Å². The summed E-state index contributed by atoms with van der Waals surface area (Å²) in [4.78, 5) is 13.1. The lowest BCUT2D eigenvalue weighted by atomic mass is 10.1. The predicted molar refractivity (Wildman–Crippen MR) is 65.3 cm³/mol. The third-order valence-corrected chi connectivity index (χ3v) is 2.36. The molecule has 0 fully saturated rings. The van der Waals surface area contributed by atoms with Gasteiger partial charge < -0.3 is 9.84 Å². The molecule has 0 unspecified atom stereocenters. The second-order valence-corrected chi connectivity index (χ2v) is 3.95. The maximum atomic E-state index is 11.2. The van der Waals surface area contributed by atoms with Crippen molar-refractivity contribution in [2.75, 3.05) is 20.2 Å². The van der Waals surface area contributed by atoms with E-state index in [1.54, 1.807) is 6.92 Å². The Bertz CT molecular complexity index is 348. The van der Waals surface area contributed by atoms with Crippen LogP contribution < -0.4 is 0 Å². The molecule has 0 aliphatic heterocycles. The van der Waals surface area contributed by atoms with Crippen LogP contribution in [0, 0.1) is 0 Å². The molecule has 0 saturated carbocycles. The van der Waals surface area contributed by atoms with Crippen LogP contribution in [0.25, 0.3) is 0 Å². The smallest absolute Gasteiger partial charge is 0.320 e. The van der Waals surface area contributed by atoms with Crippen LogP contribution in [0.1, 0.15) is 18.1 Å². The first-order chi connectivity index (χ1) is 8.15. The number of benzene rings is 1. The molecule has 0 saturated heterocycles. The minimum atomic E-state index is -0.207. The summed E-state index contributed by atoms with van der Waals surface area (Å²) in [5.74, 6) is -0.207. The van der Waals surface area contributed by atoms with Crippen molar-refractivity contribution in [1.29, 1.82) is 0 Å². The summed E-state index contributed by atoms with van der Waals surface area (Å²) in [7, 11) is 1.87. The molecule has 0 aliphatic rings. The molecule has 1 rings (SSSR count). The second kappa shape index (κ2) is 7.04. The van der Waals surface area contributed by atoms with Crippen molar-refractivity contribution in [3.8, 4) is 0 Å². The standard InChI is InChI=1S/C13H19NO3/c1-3-17-13(16)9-14(2)8-11-4-6-12(10-15)7-5-11/h4-7,15H,3,8-10H2,1-2H3. The number of esters is 1. The Kier molecular flexibility index (Phi) is 5.66. The number of ether oxygens (including phenoxy) is 1. The molecule has 0 aliphatic carbocycles. The second-order valence-electron chi connectivity index (χ2n) is 3.95. The SMILES string of the molecule is CCOC(=O)CN(C)Cc1ccc(CO)cc1. The fourth-order valence-corrected chi connectivity index (χ4v) is 1.54. The monoisotopic (exact) mass is 237 g/mol. The van der Waals surface area contributed by atoms with E-state index in [1.807, 2.05) is 36.2 Å². The number of rotatable bonds is 6. The molecule has 0 atom stereocenters. The van der Waals surface area contributed by atoms with E-state index in [9.17, 15) is 4.79 Å². The number of nitrogens with zero attached hydrogens (tertiary/aromatic N) is 1. The third kappa shape index (κ3) is 4.97. The fraction of sp³-hybridized carbons (Fsp3) is 0.462. The number of hydrogen-bond acceptors (Lipinski definition) is 4. The summed E-state index contributed by atoms with van der Waals surface area (Å²) >= 11 is 0. The van der Waals surface area contributed by atoms with Crippen LogP contribution in [0.5, 0.6) is 0 Å². The van der Waals surface area contributed by atoms with Crippen molar-refractivity contribution < 1.29 is 14.6 Å². The van der Waals surface area contributed by atoms with Gasteiger partial charge in [-0.2, -0.15) is 0 Å². The zero-order chi connectivity index (χ0) is 12.7. The number of likely N-dealkylation sites (N-methyl/N-ethyl adjacent to an activating group) is 1. The lowest BCUT2D eigenvalue weighted by Crippen LogP contribution is -2.26. The van der Waals surface area contributed by atoms with Crippen LogP contribution in [0.2, 0.25) is 0 Å². The average Bonchev–Trinajstić information content (AvgIpc) is 2.30. The molecule has 0 aromatic heterocycles. The van der Waals surface area contributed by atoms with Crippen LogP contribution in [0.3, 0.4) is 0 Å². The summed E-state index contributed by atoms with van der Waals surface area (Å²) in [6.07, 6.45) is 0. The first-order valence-corrected chi connectivity index (χ1v) is 5.68. The average molecular weight is 237 g/mol. The lowest BCUT2D eigenvalue weighted by molar-refractivity contribution is -0.144. The molecule has 4 nitrogen and oxygen atoms in total. The van der Waals surface area contributed by atoms with Gasteiger partial charge in [0.15, 0.2) is 0 Å². The molecule has 94 valence electrons. The molecule has 0 spiro atoms. The third-order valence-electron chi connectivity index (χ3n) is 2.36. The summed E-state index contributed by atoms with van der Waals surface area (Å²) < 4.78 is 4.87. The zero-order valence-corrected chi connectivity index (χ0v) is 10.3. The van der Waals surface area contributed by atoms with Gasteiger partial charge in [-0.15, -0.1) is 0 Å². The molecule has 17 heavy (non-hydrogen) atoms. The van der Waals surface area contributed by atoms with Crippen molar-refractivity contribution in [3.05, 3.63) is 35.4 Å². The van der Waals surface area contributed by atoms with Gasteiger partial charge in [0.05, 0.1) is 19.8 Å². The van der Waals surface area contributed by atoms with E-state index in [-0.39, 0.29) is 19.1 Å². The Morgan fingerprint density at radius 3 is 2.41 bits per heavy atom. The Morgan fingerprint density at radius 2 is 1.88 bits per heavy atom. The molecular weight excluding hydrogens is 218 g/mol. The van der Waals surface area contributed by atoms with E-state index in [0.29, 0.717) is 13.2 Å². The van der Waals surface area contributed by atoms with Gasteiger partial charge in [0.1, 0.15) is 0 Å². The molecule has 1 aromatic rings. The molecule has 0 heterocycles. The van der Waals surface area contributed by atoms with Gasteiger partial charge in [-0.25, -0.2) is 0 Å². The molecule has 0 amide bonds. The van der Waals surface area contributed by atoms with Crippen LogP contribution in [-0.2, 0) is 22.7 Å². The van der Waals surface area contributed by atoms with Crippen molar-refractivity contribution in [1.82, 2.24) is 4.90 Å². The molecule has 4 heteroatoms. The van der Waals surface area contributed by atoms with Crippen molar-refractivity contribution in [2.24, 2.45) is 0 Å². The normalized spacial score (nSPS) is 10.6. The van der Waals surface area contributed by atoms with Crippen LogP contribution in [0.4, 0.5) is 0 Å². The van der Waals surface area contributed by atoms with E-state index in [0.717, 1.165) is 11.1 Å². The van der Waals surface area contributed by atoms with Gasteiger partial charge in [-0.05, 0) is 25.1 Å². The summed E-state index contributed by atoms with van der Waals surface area (Å²) in [6.45, 7) is 3.24. The van der Waals surface area contributed by atoms with E-state index < -0.39 is 0 Å². The highest BCUT2D eigenvalue weighted by molar-refractivity contribution is 5.71. The first-order valence-electron chi connectivity index (χ1n) is 5.68. The zero-order valence-electron chi connectivity index (χ0n) is 10.3. The van der Waals surface area contributed by atoms with Gasteiger partial charge in [0.2, 0.25) is 0 Å². The molecule has 0 bridgehead atoms. The van der Waals surface area contributed by atoms with Gasteiger partial charge in [-0.3, -0.25) is 9.69 Å². The predicted octanol–water partition coefficient (Wildman–Crippen LogP) is 1.17. The highest BCUT2D eigenvalue weighted by Crippen LogP contribution is 2.06. The highest BCUT2D eigenvalue weighted by atomic mass is 16.5. The first kappa shape index (κ1) is 13.7. The molecule has 0 radical (unpaired) electrons. The van der Waals surface area contributed by atoms with Crippen molar-refractivity contribution >= 4 is 5.97 Å². The number of aliphatic hydroxyl groups is 1. The maximum absolute atomic E-state index is 11.2. The van der Waals surface area contributed by atoms with E-state index in [2.05, 4.69) is 0 Å². The number of aliphatic hydroxyl groups excluding tert-OH is 1. The molecule has 1 N–H and O–H groups in total. The summed E-state index contributed by atoms with van der Waals surface area (Å²) in [6, 6.07) is 7.67. The number of carbonyl (C=O) groups is 1. The van der Waals surface area contributed by atoms with Crippen molar-refractivity contribution in [2.45, 2.75) is 20.1 Å². The van der Waals surface area contributed by atoms with Gasteiger partial charge in [-0.1, -0.05) is 24.3 Å². The Morgan fingerprint density at radius 1 is 1.29 bits per heavy atom. The van der Waals surface area contributed by atoms with E-state index in [1.165, 1.54) is 0 Å². The maximum Gasteiger partial charge on any atom is 0.320 e. The Labute approximate surface area is 102 Å². The minimum Gasteiger partial charge on any atom is -0.465 e. The number of carbonyl (C=O) groups excluding carboxylic acids is 1. The molecular formula is C13H19NO3. The largest absolute Gasteiger partial charge is 0.465 e. The Balaban J connectivity index is 2.44. The van der Waals surface area contributed by atoms with Crippen LogP contribution in [-0.4, -0.2) is 36.2 Å². The van der Waals surface area contributed by atoms with Crippen LogP contribution in [0.15, 0.2) is 24.3 Å². The fourth-order valence-electron chi connectivity index (χ4n) is 1.54. The minimum absolute atomic E-state index is 0.0545. The topological polar surface area (TPSA) is 49.8 Å². The van der Waals surface area contributed by atoms with E-state index >= 15 is 0 Å². The van der Waals surface area contributed by atoms with Gasteiger partial charge >= 0.3 is 5.97 Å². The lowest BCUT2D eigenvalue weighted by Gasteiger charge is -2.15. The molecule has 1 aromatic carbocycles. The Hall–Kier alpha value is -1.39. The highest BCUT2D eigenvalue weighted by Gasteiger charge is 2.07. The summed E-state index contributed by atoms with van der Waals surface area (Å²) in [5, 5.41) is 8.92. The number of hydrogen-bond donors (Lipinski definition) is 1.